The van der Waals surface area contributed by atoms with Crippen molar-refractivity contribution >= 4 is 43.7 Å². The minimum Gasteiger partial charge on any atom is -0.493 e. The number of hydrogen-bond acceptors (Lipinski definition) is 3. The highest BCUT2D eigenvalue weighted by Crippen LogP contribution is 2.33. The summed E-state index contributed by atoms with van der Waals surface area (Å²) >= 11 is 6.81. The van der Waals surface area contributed by atoms with Gasteiger partial charge in [0.1, 0.15) is 0 Å². The lowest BCUT2D eigenvalue weighted by Gasteiger charge is -2.09. The predicted octanol–water partition coefficient (Wildman–Crippen LogP) is 5.12. The summed E-state index contributed by atoms with van der Waals surface area (Å²) in [6, 6.07) is 10.9. The quantitative estimate of drug-likeness (QED) is 0.492. The summed E-state index contributed by atoms with van der Waals surface area (Å²) < 4.78 is 12.3. The predicted molar refractivity (Wildman–Crippen MR) is 94.8 cm³/mol. The maximum Gasteiger partial charge on any atom is 0.185 e. The van der Waals surface area contributed by atoms with Crippen LogP contribution in [0, 0.1) is 0 Å². The molecule has 0 spiro atoms. The molecule has 0 saturated carbocycles. The minimum absolute atomic E-state index is 0.0609. The molecule has 0 aromatic heterocycles. The van der Waals surface area contributed by atoms with E-state index in [1.807, 2.05) is 24.3 Å². The Morgan fingerprint density at radius 2 is 1.59 bits per heavy atom. The Morgan fingerprint density at radius 3 is 2.18 bits per heavy atom. The summed E-state index contributed by atoms with van der Waals surface area (Å²) in [5, 5.41) is 0. The van der Waals surface area contributed by atoms with E-state index >= 15 is 0 Å². The monoisotopic (exact) mass is 424 g/mol. The number of ketones is 1. The Morgan fingerprint density at radius 1 is 1.00 bits per heavy atom. The first-order valence-corrected chi connectivity index (χ1v) is 8.03. The van der Waals surface area contributed by atoms with Crippen LogP contribution >= 0.6 is 31.9 Å². The van der Waals surface area contributed by atoms with E-state index in [1.54, 1.807) is 32.4 Å². The third-order valence-corrected chi connectivity index (χ3v) is 4.26. The van der Waals surface area contributed by atoms with Crippen LogP contribution in [0.2, 0.25) is 0 Å². The maximum atomic E-state index is 12.1. The largest absolute Gasteiger partial charge is 0.493 e. The minimum atomic E-state index is -0.0609. The molecule has 0 amide bonds. The topological polar surface area (TPSA) is 35.5 Å². The van der Waals surface area contributed by atoms with Gasteiger partial charge < -0.3 is 9.47 Å². The van der Waals surface area contributed by atoms with Crippen molar-refractivity contribution in [3.8, 4) is 11.5 Å². The van der Waals surface area contributed by atoms with E-state index in [0.29, 0.717) is 17.1 Å². The zero-order chi connectivity index (χ0) is 16.1. The number of carbonyl (C=O) groups is 1. The molecule has 0 aliphatic heterocycles. The van der Waals surface area contributed by atoms with Gasteiger partial charge in [0.25, 0.3) is 0 Å². The molecule has 0 bridgehead atoms. The van der Waals surface area contributed by atoms with Gasteiger partial charge in [-0.3, -0.25) is 4.79 Å². The average molecular weight is 426 g/mol. The lowest BCUT2D eigenvalue weighted by Crippen LogP contribution is -1.94. The molecule has 114 valence electrons. The van der Waals surface area contributed by atoms with Gasteiger partial charge in [0.2, 0.25) is 0 Å². The molecule has 0 fully saturated rings. The van der Waals surface area contributed by atoms with Crippen molar-refractivity contribution in [3.05, 3.63) is 62.5 Å². The van der Waals surface area contributed by atoms with Crippen molar-refractivity contribution < 1.29 is 14.3 Å². The first-order chi connectivity index (χ1) is 10.5. The number of hydrogen-bond donors (Lipinski definition) is 0. The van der Waals surface area contributed by atoms with Gasteiger partial charge in [-0.1, -0.05) is 31.9 Å². The van der Waals surface area contributed by atoms with Crippen LogP contribution in [0.25, 0.3) is 6.08 Å². The molecule has 0 saturated heterocycles. The van der Waals surface area contributed by atoms with E-state index in [2.05, 4.69) is 31.9 Å². The second-order valence-electron chi connectivity index (χ2n) is 4.43. The van der Waals surface area contributed by atoms with E-state index in [9.17, 15) is 4.79 Å². The van der Waals surface area contributed by atoms with Gasteiger partial charge in [-0.05, 0) is 54.1 Å². The lowest BCUT2D eigenvalue weighted by molar-refractivity contribution is 0.104. The van der Waals surface area contributed by atoms with Gasteiger partial charge in [-0.25, -0.2) is 0 Å². The molecule has 0 aliphatic carbocycles. The normalized spacial score (nSPS) is 10.7. The second kappa shape index (κ2) is 7.61. The molecule has 3 nitrogen and oxygen atoms in total. The van der Waals surface area contributed by atoms with Crippen molar-refractivity contribution in [2.45, 2.75) is 0 Å². The molecule has 0 radical (unpaired) electrons. The standard InChI is InChI=1S/C17H14Br2O3/c1-21-16-9-12(14(19)10-17(16)22-2)5-8-15(20)11-3-6-13(18)7-4-11/h3-10H,1-2H3/b8-5+. The fraction of sp³-hybridized carbons (Fsp3) is 0.118. The molecule has 0 aliphatic rings. The summed E-state index contributed by atoms with van der Waals surface area (Å²) in [5.41, 5.74) is 1.47. The molecule has 2 aromatic rings. The molecule has 0 N–H and O–H groups in total. The van der Waals surface area contributed by atoms with E-state index < -0.39 is 0 Å². The molecule has 2 rings (SSSR count). The van der Waals surface area contributed by atoms with Crippen molar-refractivity contribution in [2.75, 3.05) is 14.2 Å². The third-order valence-electron chi connectivity index (χ3n) is 3.05. The SMILES string of the molecule is COc1cc(Br)c(/C=C/C(=O)c2ccc(Br)cc2)cc1OC. The number of benzene rings is 2. The molecular formula is C17H14Br2O3. The van der Waals surface area contributed by atoms with E-state index in [4.69, 9.17) is 9.47 Å². The summed E-state index contributed by atoms with van der Waals surface area (Å²) in [7, 11) is 3.16. The number of ether oxygens (including phenoxy) is 2. The molecule has 5 heteroatoms. The smallest absolute Gasteiger partial charge is 0.185 e. The second-order valence-corrected chi connectivity index (χ2v) is 6.20. The highest BCUT2D eigenvalue weighted by Gasteiger charge is 2.08. The van der Waals surface area contributed by atoms with Crippen molar-refractivity contribution in [3.63, 3.8) is 0 Å². The molecule has 0 atom stereocenters. The van der Waals surface area contributed by atoms with Crippen molar-refractivity contribution in [2.24, 2.45) is 0 Å². The van der Waals surface area contributed by atoms with Crippen LogP contribution in [0.3, 0.4) is 0 Å². The van der Waals surface area contributed by atoms with E-state index in [-0.39, 0.29) is 5.78 Å². The molecular weight excluding hydrogens is 412 g/mol. The fourth-order valence-electron chi connectivity index (χ4n) is 1.87. The van der Waals surface area contributed by atoms with Gasteiger partial charge in [-0.2, -0.15) is 0 Å². The zero-order valence-corrected chi connectivity index (χ0v) is 15.3. The molecule has 0 unspecified atom stereocenters. The van der Waals surface area contributed by atoms with Crippen LogP contribution in [-0.2, 0) is 0 Å². The van der Waals surface area contributed by atoms with Crippen LogP contribution in [0.4, 0.5) is 0 Å². The summed E-state index contributed by atoms with van der Waals surface area (Å²) in [5.74, 6) is 1.18. The van der Waals surface area contributed by atoms with Crippen LogP contribution in [0.1, 0.15) is 15.9 Å². The van der Waals surface area contributed by atoms with Gasteiger partial charge in [0.05, 0.1) is 14.2 Å². The van der Waals surface area contributed by atoms with Crippen LogP contribution < -0.4 is 9.47 Å². The van der Waals surface area contributed by atoms with Gasteiger partial charge in [0.15, 0.2) is 17.3 Å². The Hall–Kier alpha value is -1.59. The third kappa shape index (κ3) is 3.99. The molecule has 0 heterocycles. The van der Waals surface area contributed by atoms with Crippen molar-refractivity contribution in [1.82, 2.24) is 0 Å². The fourth-order valence-corrected chi connectivity index (χ4v) is 2.59. The Balaban J connectivity index is 2.26. The Kier molecular flexibility index (Phi) is 5.80. The maximum absolute atomic E-state index is 12.1. The summed E-state index contributed by atoms with van der Waals surface area (Å²) in [6.45, 7) is 0. The number of halogens is 2. The van der Waals surface area contributed by atoms with Crippen LogP contribution in [0.5, 0.6) is 11.5 Å². The van der Waals surface area contributed by atoms with Crippen LogP contribution in [-0.4, -0.2) is 20.0 Å². The average Bonchev–Trinajstić information content (AvgIpc) is 2.53. The molecule has 22 heavy (non-hydrogen) atoms. The summed E-state index contributed by atoms with van der Waals surface area (Å²) in [4.78, 5) is 12.1. The number of allylic oxidation sites excluding steroid dienone is 1. The highest BCUT2D eigenvalue weighted by atomic mass is 79.9. The number of carbonyl (C=O) groups excluding carboxylic acids is 1. The van der Waals surface area contributed by atoms with Gasteiger partial charge >= 0.3 is 0 Å². The summed E-state index contributed by atoms with van der Waals surface area (Å²) in [6.07, 6.45) is 3.28. The Bertz CT molecular complexity index is 707. The zero-order valence-electron chi connectivity index (χ0n) is 12.1. The Labute approximate surface area is 146 Å². The lowest BCUT2D eigenvalue weighted by atomic mass is 10.1. The van der Waals surface area contributed by atoms with Gasteiger partial charge in [0, 0.05) is 14.5 Å². The first-order valence-electron chi connectivity index (χ1n) is 6.44. The van der Waals surface area contributed by atoms with E-state index in [1.165, 1.54) is 6.08 Å². The van der Waals surface area contributed by atoms with Gasteiger partial charge in [-0.15, -0.1) is 0 Å². The molecule has 2 aromatic carbocycles. The van der Waals surface area contributed by atoms with E-state index in [0.717, 1.165) is 14.5 Å². The number of rotatable bonds is 5. The highest BCUT2D eigenvalue weighted by molar-refractivity contribution is 9.10. The van der Waals surface area contributed by atoms with Crippen molar-refractivity contribution in [1.29, 1.82) is 0 Å². The van der Waals surface area contributed by atoms with Crippen LogP contribution in [0.15, 0.2) is 51.4 Å². The number of methoxy groups -OCH3 is 2. The first kappa shape index (κ1) is 16.8.